The van der Waals surface area contributed by atoms with Gasteiger partial charge in [-0.25, -0.2) is 0 Å². The molecule has 2 aromatic rings. The highest BCUT2D eigenvalue weighted by molar-refractivity contribution is 9.10. The van der Waals surface area contributed by atoms with Crippen molar-refractivity contribution in [2.45, 2.75) is 0 Å². The first-order valence-corrected chi connectivity index (χ1v) is 7.25. The lowest BCUT2D eigenvalue weighted by Crippen LogP contribution is -2.12. The molecule has 0 aliphatic heterocycles. The lowest BCUT2D eigenvalue weighted by atomic mass is 10.2. The number of hydrogen-bond donors (Lipinski definition) is 2. The van der Waals surface area contributed by atoms with Crippen molar-refractivity contribution >= 4 is 62.3 Å². The van der Waals surface area contributed by atoms with Gasteiger partial charge in [-0.2, -0.15) is 0 Å². The van der Waals surface area contributed by atoms with Crippen LogP contribution in [0.2, 0.25) is 15.1 Å². The number of hydrogen-bond acceptors (Lipinski definition) is 2. The predicted molar refractivity (Wildman–Crippen MR) is 85.2 cm³/mol. The number of halogens is 4. The van der Waals surface area contributed by atoms with Gasteiger partial charge in [0.2, 0.25) is 0 Å². The first-order chi connectivity index (χ1) is 9.38. The molecule has 0 heterocycles. The molecular weight excluding hydrogens is 388 g/mol. The molecule has 2 rings (SSSR count). The molecule has 2 N–H and O–H groups in total. The fourth-order valence-electron chi connectivity index (χ4n) is 1.52. The summed E-state index contributed by atoms with van der Waals surface area (Å²) < 4.78 is 0.576. The van der Waals surface area contributed by atoms with Gasteiger partial charge in [0.05, 0.1) is 16.3 Å². The second-order valence-electron chi connectivity index (χ2n) is 3.86. The fraction of sp³-hybridized carbons (Fsp3) is 0. The first-order valence-electron chi connectivity index (χ1n) is 5.33. The Morgan fingerprint density at radius 1 is 1.10 bits per heavy atom. The minimum absolute atomic E-state index is 0.0537. The second-order valence-corrected chi connectivity index (χ2v) is 6.00. The zero-order chi connectivity index (χ0) is 14.9. The molecule has 0 aromatic heterocycles. The zero-order valence-electron chi connectivity index (χ0n) is 9.75. The first kappa shape index (κ1) is 15.4. The molecule has 0 saturated heterocycles. The van der Waals surface area contributed by atoms with Crippen LogP contribution in [0.3, 0.4) is 0 Å². The van der Waals surface area contributed by atoms with Crippen LogP contribution in [0.15, 0.2) is 34.8 Å². The van der Waals surface area contributed by atoms with Gasteiger partial charge in [-0.3, -0.25) is 4.79 Å². The van der Waals surface area contributed by atoms with Gasteiger partial charge in [0.25, 0.3) is 5.91 Å². The van der Waals surface area contributed by atoms with Gasteiger partial charge in [0.15, 0.2) is 5.75 Å². The summed E-state index contributed by atoms with van der Waals surface area (Å²) in [5.74, 6) is -0.699. The van der Waals surface area contributed by atoms with Gasteiger partial charge < -0.3 is 10.4 Å². The van der Waals surface area contributed by atoms with Crippen molar-refractivity contribution < 1.29 is 9.90 Å². The van der Waals surface area contributed by atoms with Crippen molar-refractivity contribution in [1.82, 2.24) is 0 Å². The molecule has 0 aliphatic carbocycles. The van der Waals surface area contributed by atoms with Gasteiger partial charge in [0, 0.05) is 14.5 Å². The third-order valence-electron chi connectivity index (χ3n) is 2.45. The monoisotopic (exact) mass is 393 g/mol. The van der Waals surface area contributed by atoms with E-state index in [0.717, 1.165) is 0 Å². The number of benzene rings is 2. The van der Waals surface area contributed by atoms with E-state index in [0.29, 0.717) is 20.1 Å². The highest BCUT2D eigenvalue weighted by Crippen LogP contribution is 2.35. The summed E-state index contributed by atoms with van der Waals surface area (Å²) in [7, 11) is 0. The molecule has 0 unspecified atom stereocenters. The molecular formula is C13H7BrCl3NO2. The van der Waals surface area contributed by atoms with Crippen LogP contribution in [0.4, 0.5) is 5.69 Å². The van der Waals surface area contributed by atoms with E-state index in [2.05, 4.69) is 21.2 Å². The summed E-state index contributed by atoms with van der Waals surface area (Å²) >= 11 is 20.7. The van der Waals surface area contributed by atoms with E-state index in [1.807, 2.05) is 0 Å². The van der Waals surface area contributed by atoms with Crippen LogP contribution >= 0.6 is 50.7 Å². The van der Waals surface area contributed by atoms with Crippen molar-refractivity contribution in [3.05, 3.63) is 55.4 Å². The normalized spacial score (nSPS) is 10.4. The maximum atomic E-state index is 12.2. The molecule has 0 spiro atoms. The van der Waals surface area contributed by atoms with Crippen molar-refractivity contribution in [3.63, 3.8) is 0 Å². The molecule has 2 aromatic carbocycles. The van der Waals surface area contributed by atoms with Crippen LogP contribution < -0.4 is 5.32 Å². The Morgan fingerprint density at radius 3 is 2.50 bits per heavy atom. The van der Waals surface area contributed by atoms with Crippen LogP contribution in [0, 0.1) is 0 Å². The smallest absolute Gasteiger partial charge is 0.256 e. The number of anilines is 1. The maximum absolute atomic E-state index is 12.2. The molecule has 20 heavy (non-hydrogen) atoms. The van der Waals surface area contributed by atoms with Gasteiger partial charge in [-0.15, -0.1) is 0 Å². The van der Waals surface area contributed by atoms with Gasteiger partial charge in [-0.05, 0) is 46.3 Å². The van der Waals surface area contributed by atoms with Gasteiger partial charge >= 0.3 is 0 Å². The summed E-state index contributed by atoms with van der Waals surface area (Å²) in [6.45, 7) is 0. The third-order valence-corrected chi connectivity index (χ3v) is 3.88. The Labute approximate surface area is 138 Å². The third kappa shape index (κ3) is 3.38. The van der Waals surface area contributed by atoms with E-state index >= 15 is 0 Å². The Balaban J connectivity index is 2.35. The number of carbonyl (C=O) groups is 1. The number of rotatable bonds is 2. The average molecular weight is 395 g/mol. The van der Waals surface area contributed by atoms with Gasteiger partial charge in [-0.1, -0.05) is 34.8 Å². The molecule has 0 saturated carbocycles. The van der Waals surface area contributed by atoms with Crippen LogP contribution in [-0.4, -0.2) is 11.0 Å². The van der Waals surface area contributed by atoms with Crippen molar-refractivity contribution in [2.75, 3.05) is 5.32 Å². The molecule has 0 aliphatic rings. The SMILES string of the molecule is O=C(Nc1cc(Cl)cc(Cl)c1O)c1cc(Cl)ccc1Br. The number of carbonyl (C=O) groups excluding carboxylic acids is 1. The van der Waals surface area contributed by atoms with E-state index in [1.54, 1.807) is 12.1 Å². The van der Waals surface area contributed by atoms with Crippen LogP contribution in [0.25, 0.3) is 0 Å². The lowest BCUT2D eigenvalue weighted by molar-refractivity contribution is 0.102. The minimum Gasteiger partial charge on any atom is -0.504 e. The molecule has 104 valence electrons. The molecule has 0 bridgehead atoms. The van der Waals surface area contributed by atoms with Crippen molar-refractivity contribution in [1.29, 1.82) is 0 Å². The van der Waals surface area contributed by atoms with Crippen LogP contribution in [0.1, 0.15) is 10.4 Å². The number of phenols is 1. The highest BCUT2D eigenvalue weighted by atomic mass is 79.9. The number of nitrogens with one attached hydrogen (secondary N) is 1. The fourth-order valence-corrected chi connectivity index (χ4v) is 2.61. The highest BCUT2D eigenvalue weighted by Gasteiger charge is 2.15. The maximum Gasteiger partial charge on any atom is 0.256 e. The van der Waals surface area contributed by atoms with E-state index in [4.69, 9.17) is 34.8 Å². The Kier molecular flexibility index (Phi) is 4.81. The van der Waals surface area contributed by atoms with Crippen LogP contribution in [0.5, 0.6) is 5.75 Å². The molecule has 0 fully saturated rings. The standard InChI is InChI=1S/C13H7BrCl3NO2/c14-9-2-1-6(15)3-8(9)13(20)18-11-5-7(16)4-10(17)12(11)19/h1-5,19H,(H,18,20). The Bertz CT molecular complexity index is 692. The summed E-state index contributed by atoms with van der Waals surface area (Å²) in [5.41, 5.74) is 0.451. The molecule has 0 radical (unpaired) electrons. The summed E-state index contributed by atoms with van der Waals surface area (Å²) in [6.07, 6.45) is 0. The summed E-state index contributed by atoms with van der Waals surface area (Å²) in [5, 5.41) is 13.1. The summed E-state index contributed by atoms with van der Waals surface area (Å²) in [4.78, 5) is 12.2. The number of phenolic OH excluding ortho intramolecular Hbond substituents is 1. The quantitative estimate of drug-likeness (QED) is 0.672. The zero-order valence-corrected chi connectivity index (χ0v) is 13.6. The van der Waals surface area contributed by atoms with Crippen molar-refractivity contribution in [3.8, 4) is 5.75 Å². The number of aromatic hydroxyl groups is 1. The van der Waals surface area contributed by atoms with E-state index in [-0.39, 0.29) is 16.5 Å². The lowest BCUT2D eigenvalue weighted by Gasteiger charge is -2.10. The molecule has 3 nitrogen and oxygen atoms in total. The molecule has 7 heteroatoms. The van der Waals surface area contributed by atoms with E-state index in [1.165, 1.54) is 18.2 Å². The molecule has 0 atom stereocenters. The average Bonchev–Trinajstić information content (AvgIpc) is 2.38. The van der Waals surface area contributed by atoms with Crippen LogP contribution in [-0.2, 0) is 0 Å². The predicted octanol–water partition coefficient (Wildman–Crippen LogP) is 5.37. The topological polar surface area (TPSA) is 49.3 Å². The minimum atomic E-state index is -0.451. The summed E-state index contributed by atoms with van der Waals surface area (Å²) in [6, 6.07) is 7.59. The van der Waals surface area contributed by atoms with E-state index in [9.17, 15) is 9.90 Å². The Morgan fingerprint density at radius 2 is 1.80 bits per heavy atom. The van der Waals surface area contributed by atoms with Gasteiger partial charge in [0.1, 0.15) is 0 Å². The second kappa shape index (κ2) is 6.22. The number of amides is 1. The van der Waals surface area contributed by atoms with E-state index < -0.39 is 5.91 Å². The van der Waals surface area contributed by atoms with Crippen molar-refractivity contribution in [2.24, 2.45) is 0 Å². The Hall–Kier alpha value is -0.940. The largest absolute Gasteiger partial charge is 0.504 e. The molecule has 1 amide bonds.